The lowest BCUT2D eigenvalue weighted by atomic mass is 10.2. The van der Waals surface area contributed by atoms with E-state index in [1.54, 1.807) is 0 Å². The van der Waals surface area contributed by atoms with Crippen LogP contribution in [-0.4, -0.2) is 23.2 Å². The van der Waals surface area contributed by atoms with Crippen molar-refractivity contribution in [2.75, 3.05) is 7.11 Å². The summed E-state index contributed by atoms with van der Waals surface area (Å²) in [4.78, 5) is 14.1. The predicted molar refractivity (Wildman–Crippen MR) is 50.4 cm³/mol. The molecule has 82 valence electrons. The third kappa shape index (κ3) is 2.41. The molecule has 7 heteroatoms. The van der Waals surface area contributed by atoms with E-state index in [-0.39, 0.29) is 15.9 Å². The lowest BCUT2D eigenvalue weighted by molar-refractivity contribution is 0.0691. The number of rotatable bonds is 3. The van der Waals surface area contributed by atoms with Crippen molar-refractivity contribution in [2.45, 2.75) is 6.43 Å². The largest absolute Gasteiger partial charge is 0.480 e. The number of carboxylic acids is 1. The molecule has 0 spiro atoms. The van der Waals surface area contributed by atoms with Crippen LogP contribution < -0.4 is 4.74 Å². The second-order valence-electron chi connectivity index (χ2n) is 2.52. The first-order chi connectivity index (χ1) is 6.97. The molecular formula is C8H6BrF2NO3. The van der Waals surface area contributed by atoms with Crippen molar-refractivity contribution in [3.8, 4) is 5.88 Å². The number of pyridine rings is 1. The molecule has 0 aliphatic carbocycles. The maximum absolute atomic E-state index is 12.4. The average molecular weight is 282 g/mol. The lowest BCUT2D eigenvalue weighted by Crippen LogP contribution is -2.05. The van der Waals surface area contributed by atoms with Gasteiger partial charge < -0.3 is 9.84 Å². The van der Waals surface area contributed by atoms with Crippen LogP contribution in [-0.2, 0) is 0 Å². The maximum Gasteiger partial charge on any atom is 0.341 e. The van der Waals surface area contributed by atoms with E-state index in [1.165, 1.54) is 0 Å². The normalized spacial score (nSPS) is 10.5. The Hall–Kier alpha value is -1.24. The Morgan fingerprint density at radius 2 is 2.27 bits per heavy atom. The van der Waals surface area contributed by atoms with Gasteiger partial charge in [-0.2, -0.15) is 0 Å². The van der Waals surface area contributed by atoms with Crippen LogP contribution in [0.15, 0.2) is 10.5 Å². The van der Waals surface area contributed by atoms with Crippen LogP contribution in [0.25, 0.3) is 0 Å². The number of halogens is 3. The molecule has 0 bridgehead atoms. The second-order valence-corrected chi connectivity index (χ2v) is 3.37. The van der Waals surface area contributed by atoms with Crippen LogP contribution >= 0.6 is 15.9 Å². The van der Waals surface area contributed by atoms with Gasteiger partial charge in [0.2, 0.25) is 5.88 Å². The van der Waals surface area contributed by atoms with E-state index >= 15 is 0 Å². The van der Waals surface area contributed by atoms with Crippen molar-refractivity contribution < 1.29 is 23.4 Å². The predicted octanol–water partition coefficient (Wildman–Crippen LogP) is 2.49. The zero-order valence-electron chi connectivity index (χ0n) is 7.50. The molecule has 1 aromatic heterocycles. The number of hydrogen-bond acceptors (Lipinski definition) is 3. The molecule has 0 saturated heterocycles. The van der Waals surface area contributed by atoms with Crippen molar-refractivity contribution in [1.82, 2.24) is 4.98 Å². The fourth-order valence-corrected chi connectivity index (χ4v) is 1.44. The van der Waals surface area contributed by atoms with Gasteiger partial charge in [0.15, 0.2) is 0 Å². The molecule has 4 nitrogen and oxygen atoms in total. The quantitative estimate of drug-likeness (QED) is 0.925. The van der Waals surface area contributed by atoms with Gasteiger partial charge in [-0.05, 0) is 22.0 Å². The van der Waals surface area contributed by atoms with Gasteiger partial charge in [0, 0.05) is 4.47 Å². The molecule has 0 fully saturated rings. The SMILES string of the molecule is COc1nc(C(F)F)c(Br)cc1C(=O)O. The second kappa shape index (κ2) is 4.52. The summed E-state index contributed by atoms with van der Waals surface area (Å²) in [7, 11) is 1.16. The monoisotopic (exact) mass is 281 g/mol. The standard InChI is InChI=1S/C8H6BrF2NO3/c1-15-7-3(8(13)14)2-4(9)5(12-7)6(10)11/h2,6H,1H3,(H,13,14). The lowest BCUT2D eigenvalue weighted by Gasteiger charge is -2.08. The minimum Gasteiger partial charge on any atom is -0.480 e. The van der Waals surface area contributed by atoms with E-state index in [1.807, 2.05) is 0 Å². The molecule has 0 atom stereocenters. The highest BCUT2D eigenvalue weighted by molar-refractivity contribution is 9.10. The molecule has 0 radical (unpaired) electrons. The Morgan fingerprint density at radius 3 is 2.67 bits per heavy atom. The van der Waals surface area contributed by atoms with Gasteiger partial charge in [-0.25, -0.2) is 18.6 Å². The number of ether oxygens (including phenoxy) is 1. The molecule has 0 amide bonds. The van der Waals surface area contributed by atoms with Gasteiger partial charge in [-0.15, -0.1) is 0 Å². The van der Waals surface area contributed by atoms with E-state index in [0.29, 0.717) is 0 Å². The van der Waals surface area contributed by atoms with Gasteiger partial charge in [0.1, 0.15) is 11.3 Å². The summed E-state index contributed by atoms with van der Waals surface area (Å²) in [5.74, 6) is -1.62. The Balaban J connectivity index is 3.35. The third-order valence-corrected chi connectivity index (χ3v) is 2.23. The average Bonchev–Trinajstić information content (AvgIpc) is 2.16. The van der Waals surface area contributed by atoms with Crippen molar-refractivity contribution in [3.63, 3.8) is 0 Å². The fraction of sp³-hybridized carbons (Fsp3) is 0.250. The number of aromatic nitrogens is 1. The van der Waals surface area contributed by atoms with E-state index in [0.717, 1.165) is 13.2 Å². The van der Waals surface area contributed by atoms with Crippen LogP contribution in [0, 0.1) is 0 Å². The van der Waals surface area contributed by atoms with Crippen LogP contribution in [0.1, 0.15) is 22.5 Å². The van der Waals surface area contributed by atoms with E-state index in [4.69, 9.17) is 5.11 Å². The molecule has 1 N–H and O–H groups in total. The van der Waals surface area contributed by atoms with Gasteiger partial charge in [-0.1, -0.05) is 0 Å². The Kier molecular flexibility index (Phi) is 3.57. The number of alkyl halides is 2. The van der Waals surface area contributed by atoms with Crippen LogP contribution in [0.4, 0.5) is 8.78 Å². The zero-order valence-corrected chi connectivity index (χ0v) is 9.09. The first-order valence-electron chi connectivity index (χ1n) is 3.73. The number of aromatic carboxylic acids is 1. The number of hydrogen-bond donors (Lipinski definition) is 1. The van der Waals surface area contributed by atoms with Crippen LogP contribution in [0.5, 0.6) is 5.88 Å². The topological polar surface area (TPSA) is 59.4 Å². The van der Waals surface area contributed by atoms with E-state index in [2.05, 4.69) is 25.7 Å². The molecule has 15 heavy (non-hydrogen) atoms. The first-order valence-corrected chi connectivity index (χ1v) is 4.52. The Labute approximate surface area is 92.0 Å². The van der Waals surface area contributed by atoms with Crippen LogP contribution in [0.2, 0.25) is 0 Å². The molecule has 0 aliphatic heterocycles. The molecule has 0 aliphatic rings. The van der Waals surface area contributed by atoms with Gasteiger partial charge in [0.25, 0.3) is 6.43 Å². The van der Waals surface area contributed by atoms with Gasteiger partial charge >= 0.3 is 5.97 Å². The Bertz CT molecular complexity index is 398. The maximum atomic E-state index is 12.4. The number of carbonyl (C=O) groups is 1. The molecule has 1 rings (SSSR count). The molecule has 1 aromatic rings. The first kappa shape index (κ1) is 11.8. The fourth-order valence-electron chi connectivity index (χ4n) is 0.947. The smallest absolute Gasteiger partial charge is 0.341 e. The van der Waals surface area contributed by atoms with E-state index in [9.17, 15) is 13.6 Å². The number of carboxylic acid groups (broad SMARTS) is 1. The minimum absolute atomic E-state index is 0.0595. The van der Waals surface area contributed by atoms with Gasteiger partial charge in [0.05, 0.1) is 7.11 Å². The minimum atomic E-state index is -2.80. The summed E-state index contributed by atoms with van der Waals surface area (Å²) in [6, 6.07) is 1.04. The summed E-state index contributed by atoms with van der Waals surface area (Å²) >= 11 is 2.82. The van der Waals surface area contributed by atoms with Crippen molar-refractivity contribution in [3.05, 3.63) is 21.8 Å². The van der Waals surface area contributed by atoms with Gasteiger partial charge in [-0.3, -0.25) is 0 Å². The zero-order chi connectivity index (χ0) is 11.6. The summed E-state index contributed by atoms with van der Waals surface area (Å²) in [5.41, 5.74) is -0.814. The highest BCUT2D eigenvalue weighted by Gasteiger charge is 2.20. The summed E-state index contributed by atoms with van der Waals surface area (Å²) in [6.07, 6.45) is -2.80. The highest BCUT2D eigenvalue weighted by Crippen LogP contribution is 2.30. The third-order valence-electron chi connectivity index (χ3n) is 1.60. The molecule has 0 unspecified atom stereocenters. The van der Waals surface area contributed by atoms with E-state index < -0.39 is 18.1 Å². The molecule has 0 aromatic carbocycles. The summed E-state index contributed by atoms with van der Waals surface area (Å²) in [5, 5.41) is 8.72. The van der Waals surface area contributed by atoms with Crippen LogP contribution in [0.3, 0.4) is 0 Å². The van der Waals surface area contributed by atoms with Crippen molar-refractivity contribution in [1.29, 1.82) is 0 Å². The molecular weight excluding hydrogens is 276 g/mol. The number of nitrogens with zero attached hydrogens (tertiary/aromatic N) is 1. The molecule has 0 saturated carbocycles. The van der Waals surface area contributed by atoms with Crippen molar-refractivity contribution in [2.24, 2.45) is 0 Å². The summed E-state index contributed by atoms with van der Waals surface area (Å²) < 4.78 is 29.3. The van der Waals surface area contributed by atoms with Crippen molar-refractivity contribution >= 4 is 21.9 Å². The highest BCUT2D eigenvalue weighted by atomic mass is 79.9. The number of methoxy groups -OCH3 is 1. The molecule has 1 heterocycles. The summed E-state index contributed by atoms with van der Waals surface area (Å²) in [6.45, 7) is 0. The Morgan fingerprint density at radius 1 is 1.67 bits per heavy atom.